The number of benzene rings is 1. The van der Waals surface area contributed by atoms with Crippen molar-refractivity contribution in [1.29, 1.82) is 0 Å². The van der Waals surface area contributed by atoms with Crippen LogP contribution in [0.2, 0.25) is 0 Å². The number of hydrogen-bond acceptors (Lipinski definition) is 3. The third kappa shape index (κ3) is 1.67. The van der Waals surface area contributed by atoms with Gasteiger partial charge in [0.05, 0.1) is 6.61 Å². The standard InChI is InChI=1S/C14H13N3O/c1-9-12-4-10(11-5-15-8-16-6-11)2-3-13(12)17-14(9)7-18/h2-6,8,17-18H,7H2,1H3. The van der Waals surface area contributed by atoms with Crippen LogP contribution in [0.5, 0.6) is 0 Å². The van der Waals surface area contributed by atoms with Gasteiger partial charge in [0.15, 0.2) is 0 Å². The van der Waals surface area contributed by atoms with Gasteiger partial charge in [-0.2, -0.15) is 0 Å². The molecule has 0 bridgehead atoms. The molecule has 3 aromatic rings. The van der Waals surface area contributed by atoms with E-state index in [1.54, 1.807) is 12.4 Å². The Kier molecular flexibility index (Phi) is 2.57. The van der Waals surface area contributed by atoms with Crippen LogP contribution in [0.4, 0.5) is 0 Å². The molecule has 0 unspecified atom stereocenters. The number of hydrogen-bond donors (Lipinski definition) is 2. The van der Waals surface area contributed by atoms with E-state index >= 15 is 0 Å². The first-order chi connectivity index (χ1) is 8.79. The first-order valence-electron chi connectivity index (χ1n) is 5.77. The summed E-state index contributed by atoms with van der Waals surface area (Å²) in [6.45, 7) is 2.04. The third-order valence-corrected chi connectivity index (χ3v) is 3.21. The number of rotatable bonds is 2. The van der Waals surface area contributed by atoms with Gasteiger partial charge >= 0.3 is 0 Å². The fourth-order valence-corrected chi connectivity index (χ4v) is 2.17. The van der Waals surface area contributed by atoms with Crippen LogP contribution in [0.25, 0.3) is 22.0 Å². The summed E-state index contributed by atoms with van der Waals surface area (Å²) in [7, 11) is 0. The number of H-pyrrole nitrogens is 1. The Bertz CT molecular complexity index is 689. The minimum absolute atomic E-state index is 0.0320. The lowest BCUT2D eigenvalue weighted by Gasteiger charge is -2.01. The van der Waals surface area contributed by atoms with Gasteiger partial charge in [-0.05, 0) is 30.2 Å². The highest BCUT2D eigenvalue weighted by Crippen LogP contribution is 2.27. The summed E-state index contributed by atoms with van der Waals surface area (Å²) in [5.41, 5.74) is 5.06. The Hall–Kier alpha value is -2.20. The lowest BCUT2D eigenvalue weighted by molar-refractivity contribution is 0.277. The Morgan fingerprint density at radius 3 is 2.67 bits per heavy atom. The molecule has 0 aliphatic carbocycles. The average molecular weight is 239 g/mol. The molecule has 3 rings (SSSR count). The molecule has 0 atom stereocenters. The number of aromatic amines is 1. The summed E-state index contributed by atoms with van der Waals surface area (Å²) >= 11 is 0. The summed E-state index contributed by atoms with van der Waals surface area (Å²) in [6.07, 6.45) is 5.11. The fraction of sp³-hybridized carbons (Fsp3) is 0.143. The molecular weight excluding hydrogens is 226 g/mol. The van der Waals surface area contributed by atoms with Crippen LogP contribution in [0, 0.1) is 6.92 Å². The second-order valence-electron chi connectivity index (χ2n) is 4.27. The van der Waals surface area contributed by atoms with Gasteiger partial charge in [0.1, 0.15) is 6.33 Å². The Balaban J connectivity index is 2.19. The highest BCUT2D eigenvalue weighted by atomic mass is 16.3. The zero-order chi connectivity index (χ0) is 12.5. The molecule has 0 saturated carbocycles. The Morgan fingerprint density at radius 1 is 1.17 bits per heavy atom. The maximum absolute atomic E-state index is 9.25. The van der Waals surface area contributed by atoms with Crippen molar-refractivity contribution in [3.63, 3.8) is 0 Å². The SMILES string of the molecule is Cc1c(CO)[nH]c2ccc(-c3cncnc3)cc12. The maximum atomic E-state index is 9.25. The van der Waals surface area contributed by atoms with Crippen molar-refractivity contribution in [1.82, 2.24) is 15.0 Å². The quantitative estimate of drug-likeness (QED) is 0.722. The third-order valence-electron chi connectivity index (χ3n) is 3.21. The van der Waals surface area contributed by atoms with Crippen molar-refractivity contribution < 1.29 is 5.11 Å². The molecule has 18 heavy (non-hydrogen) atoms. The smallest absolute Gasteiger partial charge is 0.115 e. The van der Waals surface area contributed by atoms with E-state index in [1.165, 1.54) is 6.33 Å². The van der Waals surface area contributed by atoms with Crippen molar-refractivity contribution in [2.45, 2.75) is 13.5 Å². The lowest BCUT2D eigenvalue weighted by atomic mass is 10.0. The molecule has 4 nitrogen and oxygen atoms in total. The zero-order valence-electron chi connectivity index (χ0n) is 10.0. The lowest BCUT2D eigenvalue weighted by Crippen LogP contribution is -1.84. The highest BCUT2D eigenvalue weighted by Gasteiger charge is 2.08. The van der Waals surface area contributed by atoms with Crippen molar-refractivity contribution in [2.75, 3.05) is 0 Å². The summed E-state index contributed by atoms with van der Waals surface area (Å²) in [6, 6.07) is 6.14. The molecular formula is C14H13N3O. The molecule has 2 aromatic heterocycles. The first kappa shape index (κ1) is 10.9. The molecule has 0 aliphatic heterocycles. The van der Waals surface area contributed by atoms with Gasteiger partial charge in [-0.1, -0.05) is 6.07 Å². The fourth-order valence-electron chi connectivity index (χ4n) is 2.17. The van der Waals surface area contributed by atoms with Crippen LogP contribution in [0.1, 0.15) is 11.3 Å². The average Bonchev–Trinajstić information content (AvgIpc) is 2.76. The molecule has 4 heteroatoms. The van der Waals surface area contributed by atoms with E-state index in [4.69, 9.17) is 0 Å². The number of fused-ring (bicyclic) bond motifs is 1. The van der Waals surface area contributed by atoms with E-state index in [0.29, 0.717) is 0 Å². The van der Waals surface area contributed by atoms with Crippen LogP contribution < -0.4 is 0 Å². The topological polar surface area (TPSA) is 61.8 Å². The van der Waals surface area contributed by atoms with Crippen LogP contribution in [0.3, 0.4) is 0 Å². The minimum Gasteiger partial charge on any atom is -0.390 e. The van der Waals surface area contributed by atoms with Crippen molar-refractivity contribution in [2.24, 2.45) is 0 Å². The van der Waals surface area contributed by atoms with E-state index in [1.807, 2.05) is 19.1 Å². The van der Waals surface area contributed by atoms with Gasteiger partial charge in [-0.15, -0.1) is 0 Å². The van der Waals surface area contributed by atoms with Gasteiger partial charge in [-0.25, -0.2) is 9.97 Å². The van der Waals surface area contributed by atoms with Gasteiger partial charge in [0.2, 0.25) is 0 Å². The molecule has 0 amide bonds. The molecule has 0 fully saturated rings. The van der Waals surface area contributed by atoms with Crippen LogP contribution in [-0.4, -0.2) is 20.1 Å². The maximum Gasteiger partial charge on any atom is 0.115 e. The molecule has 0 spiro atoms. The van der Waals surface area contributed by atoms with Crippen molar-refractivity contribution in [3.05, 3.63) is 48.2 Å². The molecule has 90 valence electrons. The van der Waals surface area contributed by atoms with Gasteiger partial charge in [0, 0.05) is 34.6 Å². The normalized spacial score (nSPS) is 11.0. The van der Waals surface area contributed by atoms with E-state index in [0.717, 1.165) is 33.3 Å². The predicted molar refractivity (Wildman–Crippen MR) is 70.0 cm³/mol. The molecule has 2 N–H and O–H groups in total. The largest absolute Gasteiger partial charge is 0.390 e. The second kappa shape index (κ2) is 4.23. The van der Waals surface area contributed by atoms with Crippen LogP contribution >= 0.6 is 0 Å². The molecule has 0 saturated heterocycles. The van der Waals surface area contributed by atoms with E-state index in [-0.39, 0.29) is 6.61 Å². The number of aliphatic hydroxyl groups excluding tert-OH is 1. The number of nitrogens with zero attached hydrogens (tertiary/aromatic N) is 2. The monoisotopic (exact) mass is 239 g/mol. The summed E-state index contributed by atoms with van der Waals surface area (Å²) < 4.78 is 0. The van der Waals surface area contributed by atoms with Crippen molar-refractivity contribution >= 4 is 10.9 Å². The number of aromatic nitrogens is 3. The molecule has 0 aliphatic rings. The number of nitrogens with one attached hydrogen (secondary N) is 1. The predicted octanol–water partition coefficient (Wildman–Crippen LogP) is 2.43. The number of aliphatic hydroxyl groups is 1. The van der Waals surface area contributed by atoms with E-state index in [9.17, 15) is 5.11 Å². The first-order valence-corrected chi connectivity index (χ1v) is 5.77. The Morgan fingerprint density at radius 2 is 1.94 bits per heavy atom. The van der Waals surface area contributed by atoms with Gasteiger partial charge in [-0.3, -0.25) is 0 Å². The molecule has 2 heterocycles. The highest BCUT2D eigenvalue weighted by molar-refractivity contribution is 5.88. The number of aryl methyl sites for hydroxylation is 1. The van der Waals surface area contributed by atoms with E-state index < -0.39 is 0 Å². The van der Waals surface area contributed by atoms with Crippen molar-refractivity contribution in [3.8, 4) is 11.1 Å². The second-order valence-corrected chi connectivity index (χ2v) is 4.27. The summed E-state index contributed by atoms with van der Waals surface area (Å²) in [5, 5.41) is 10.4. The molecule has 1 aromatic carbocycles. The van der Waals surface area contributed by atoms with Gasteiger partial charge in [0.25, 0.3) is 0 Å². The summed E-state index contributed by atoms with van der Waals surface area (Å²) in [5.74, 6) is 0. The van der Waals surface area contributed by atoms with E-state index in [2.05, 4.69) is 21.0 Å². The molecule has 0 radical (unpaired) electrons. The Labute approximate surface area is 104 Å². The zero-order valence-corrected chi connectivity index (χ0v) is 10.0. The van der Waals surface area contributed by atoms with Crippen LogP contribution in [-0.2, 0) is 6.61 Å². The van der Waals surface area contributed by atoms with Crippen LogP contribution in [0.15, 0.2) is 36.9 Å². The summed E-state index contributed by atoms with van der Waals surface area (Å²) in [4.78, 5) is 11.3. The minimum atomic E-state index is 0.0320. The van der Waals surface area contributed by atoms with Gasteiger partial charge < -0.3 is 10.1 Å².